The van der Waals surface area contributed by atoms with Gasteiger partial charge in [-0.25, -0.2) is 4.39 Å². The first kappa shape index (κ1) is 9.14. The van der Waals surface area contributed by atoms with E-state index >= 15 is 0 Å². The molecule has 0 aromatic rings. The van der Waals surface area contributed by atoms with Crippen molar-refractivity contribution in [2.75, 3.05) is 6.61 Å². The van der Waals surface area contributed by atoms with Crippen LogP contribution in [-0.2, 0) is 9.26 Å². The second kappa shape index (κ2) is 3.75. The van der Waals surface area contributed by atoms with Gasteiger partial charge in [0, 0.05) is 15.3 Å². The lowest BCUT2D eigenvalue weighted by molar-refractivity contribution is 0.0111. The number of ether oxygens (including phenoxy) is 1. The average molecular weight is 216 g/mol. The summed E-state index contributed by atoms with van der Waals surface area (Å²) in [4.78, 5) is 0. The summed E-state index contributed by atoms with van der Waals surface area (Å²) in [7, 11) is -0.347. The third-order valence-corrected chi connectivity index (χ3v) is 3.15. The standard InChI is InChI=1S/C7H13ClFO2P/c1-4-6(3-10-12)11-5(2)7(4,8)9/h4-6H,3,12H2,1-2H3/t4-,5+,6-,7+/m1/s1/i12D/t4-,5+,6-,7+,12?. The number of alkyl halides is 2. The first-order valence-corrected chi connectivity index (χ1v) is 4.60. The maximum Gasteiger partial charge on any atom is 0.214 e. The molecule has 0 amide bonds. The average Bonchev–Trinajstić information content (AvgIpc) is 2.26. The van der Waals surface area contributed by atoms with Crippen molar-refractivity contribution in [3.63, 3.8) is 0 Å². The zero-order valence-electron chi connectivity index (χ0n) is 8.01. The minimum atomic E-state index is -1.81. The van der Waals surface area contributed by atoms with Crippen LogP contribution in [0.15, 0.2) is 0 Å². The van der Waals surface area contributed by atoms with Gasteiger partial charge in [-0.05, 0) is 6.92 Å². The fourth-order valence-electron chi connectivity index (χ4n) is 1.35. The highest BCUT2D eigenvalue weighted by molar-refractivity contribution is 7.09. The van der Waals surface area contributed by atoms with Crippen molar-refractivity contribution in [1.29, 1.82) is 1.28 Å². The number of halogens is 2. The van der Waals surface area contributed by atoms with Gasteiger partial charge < -0.3 is 9.26 Å². The highest BCUT2D eigenvalue weighted by Gasteiger charge is 2.51. The molecule has 0 bridgehead atoms. The lowest BCUT2D eigenvalue weighted by Crippen LogP contribution is -2.31. The predicted octanol–water partition coefficient (Wildman–Crippen LogP) is 2.12. The second-order valence-electron chi connectivity index (χ2n) is 3.09. The summed E-state index contributed by atoms with van der Waals surface area (Å²) in [5, 5.41) is -1.81. The minimum absolute atomic E-state index is 0.242. The van der Waals surface area contributed by atoms with Gasteiger partial charge in [0.2, 0.25) is 5.13 Å². The Morgan fingerprint density at radius 1 is 1.83 bits per heavy atom. The molecule has 0 spiro atoms. The van der Waals surface area contributed by atoms with Gasteiger partial charge in [0.05, 0.1) is 14.0 Å². The van der Waals surface area contributed by atoms with Crippen LogP contribution in [0.4, 0.5) is 4.39 Å². The third kappa shape index (κ3) is 1.74. The molecule has 1 unspecified atom stereocenters. The quantitative estimate of drug-likeness (QED) is 0.530. The first-order valence-electron chi connectivity index (χ1n) is 4.32. The van der Waals surface area contributed by atoms with E-state index in [4.69, 9.17) is 22.1 Å². The molecule has 12 heavy (non-hydrogen) atoms. The topological polar surface area (TPSA) is 18.5 Å². The summed E-state index contributed by atoms with van der Waals surface area (Å²) in [5.41, 5.74) is 0. The maximum atomic E-state index is 13.6. The van der Waals surface area contributed by atoms with Crippen LogP contribution in [0.3, 0.4) is 0 Å². The Hall–Kier alpha value is 0.570. The summed E-state index contributed by atoms with van der Waals surface area (Å²) in [6.07, 6.45) is -0.956. The molecule has 72 valence electrons. The van der Waals surface area contributed by atoms with Crippen LogP contribution in [0.25, 0.3) is 0 Å². The van der Waals surface area contributed by atoms with Gasteiger partial charge in [-0.3, -0.25) is 0 Å². The van der Waals surface area contributed by atoms with Crippen LogP contribution >= 0.6 is 21.0 Å². The van der Waals surface area contributed by atoms with Gasteiger partial charge in [-0.1, -0.05) is 18.5 Å². The Morgan fingerprint density at radius 2 is 2.50 bits per heavy atom. The van der Waals surface area contributed by atoms with E-state index in [9.17, 15) is 4.39 Å². The zero-order chi connectivity index (χ0) is 10.1. The van der Waals surface area contributed by atoms with Crippen LogP contribution in [0, 0.1) is 5.92 Å². The van der Waals surface area contributed by atoms with Gasteiger partial charge in [0.1, 0.15) is 6.10 Å². The van der Waals surface area contributed by atoms with Crippen molar-refractivity contribution in [2.24, 2.45) is 5.92 Å². The number of hydrogen-bond donors (Lipinski definition) is 0. The second-order valence-corrected chi connectivity index (χ2v) is 3.96. The Kier molecular flexibility index (Phi) is 2.85. The molecule has 0 radical (unpaired) electrons. The Labute approximate surface area is 80.3 Å². The van der Waals surface area contributed by atoms with E-state index < -0.39 is 17.1 Å². The van der Waals surface area contributed by atoms with Crippen LogP contribution in [0.2, 0.25) is 0 Å². The molecule has 5 heteroatoms. The van der Waals surface area contributed by atoms with Gasteiger partial charge in [-0.2, -0.15) is 0 Å². The fraction of sp³-hybridized carbons (Fsp3) is 1.00. The van der Waals surface area contributed by atoms with Gasteiger partial charge in [0.25, 0.3) is 0 Å². The largest absolute Gasteiger partial charge is 0.368 e. The van der Waals surface area contributed by atoms with Crippen LogP contribution in [0.1, 0.15) is 13.8 Å². The van der Waals surface area contributed by atoms with Crippen LogP contribution in [0.5, 0.6) is 0 Å². The minimum Gasteiger partial charge on any atom is -0.368 e. The van der Waals surface area contributed by atoms with E-state index in [0.717, 1.165) is 0 Å². The SMILES string of the molecule is [2H]POC[C@H]1O[C@@H](C)[C@](F)(Cl)[C@@H]1C. The molecule has 1 aliphatic heterocycles. The predicted molar refractivity (Wildman–Crippen MR) is 48.9 cm³/mol. The van der Waals surface area contributed by atoms with E-state index in [1.807, 2.05) is 0 Å². The lowest BCUT2D eigenvalue weighted by atomic mass is 10.00. The molecule has 2 nitrogen and oxygen atoms in total. The number of hydrogen-bond acceptors (Lipinski definition) is 2. The Morgan fingerprint density at radius 3 is 2.92 bits per heavy atom. The monoisotopic (exact) mass is 215 g/mol. The van der Waals surface area contributed by atoms with E-state index in [0.29, 0.717) is 0 Å². The Bertz CT molecular complexity index is 184. The normalized spacial score (nSPS) is 50.3. The van der Waals surface area contributed by atoms with E-state index in [1.54, 1.807) is 13.8 Å². The number of rotatable bonds is 3. The summed E-state index contributed by atoms with van der Waals surface area (Å²) in [6.45, 7) is 3.54. The van der Waals surface area contributed by atoms with E-state index in [-0.39, 0.29) is 22.1 Å². The highest BCUT2D eigenvalue weighted by Crippen LogP contribution is 2.42. The molecule has 0 aliphatic carbocycles. The van der Waals surface area contributed by atoms with E-state index in [1.165, 1.54) is 0 Å². The molecule has 1 fully saturated rings. The van der Waals surface area contributed by atoms with Crippen molar-refractivity contribution >= 4 is 21.0 Å². The lowest BCUT2D eigenvalue weighted by Gasteiger charge is -2.19. The summed E-state index contributed by atoms with van der Waals surface area (Å²) < 4.78 is 30.6. The molecule has 0 aromatic carbocycles. The molecular weight excluding hydrogens is 201 g/mol. The summed E-state index contributed by atoms with van der Waals surface area (Å²) in [6, 6.07) is 0. The fourth-order valence-corrected chi connectivity index (χ4v) is 1.71. The molecule has 0 saturated carbocycles. The van der Waals surface area contributed by atoms with Crippen molar-refractivity contribution in [3.8, 4) is 0 Å². The molecule has 5 atom stereocenters. The van der Waals surface area contributed by atoms with Crippen molar-refractivity contribution in [3.05, 3.63) is 0 Å². The summed E-state index contributed by atoms with van der Waals surface area (Å²) in [5.74, 6) is -0.402. The van der Waals surface area contributed by atoms with Gasteiger partial charge >= 0.3 is 0 Å². The van der Waals surface area contributed by atoms with Crippen LogP contribution in [-0.4, -0.2) is 25.2 Å². The zero-order valence-corrected chi connectivity index (χ0v) is 8.77. The maximum absolute atomic E-state index is 13.6. The van der Waals surface area contributed by atoms with Gasteiger partial charge in [-0.15, -0.1) is 0 Å². The van der Waals surface area contributed by atoms with Crippen LogP contribution < -0.4 is 0 Å². The highest BCUT2D eigenvalue weighted by atomic mass is 35.5. The first-order chi connectivity index (χ1) is 6.00. The third-order valence-electron chi connectivity index (χ3n) is 2.33. The molecule has 1 saturated heterocycles. The van der Waals surface area contributed by atoms with Crippen molar-refractivity contribution < 1.29 is 13.7 Å². The summed E-state index contributed by atoms with van der Waals surface area (Å²) >= 11 is 5.65. The molecule has 1 aliphatic rings. The molecule has 0 N–H and O–H groups in total. The Balaban J connectivity index is 2.52. The molecule has 0 aromatic heterocycles. The molecular formula is C7H13ClFO2P. The van der Waals surface area contributed by atoms with Crippen molar-refractivity contribution in [2.45, 2.75) is 31.2 Å². The van der Waals surface area contributed by atoms with Crippen molar-refractivity contribution in [1.82, 2.24) is 0 Å². The smallest absolute Gasteiger partial charge is 0.214 e. The molecule has 1 rings (SSSR count). The van der Waals surface area contributed by atoms with Gasteiger partial charge in [0.15, 0.2) is 0 Å². The van der Waals surface area contributed by atoms with E-state index in [2.05, 4.69) is 0 Å². The molecule has 1 heterocycles.